The molecule has 0 fully saturated rings. The van der Waals surface area contributed by atoms with Crippen molar-refractivity contribution in [2.75, 3.05) is 13.2 Å². The summed E-state index contributed by atoms with van der Waals surface area (Å²) in [4.78, 5) is 30.9. The molecular weight excluding hydrogens is 318 g/mol. The third-order valence-corrected chi connectivity index (χ3v) is 3.98. The lowest BCUT2D eigenvalue weighted by molar-refractivity contribution is -0.133. The van der Waals surface area contributed by atoms with E-state index < -0.39 is 0 Å². The Bertz CT molecular complexity index is 922. The lowest BCUT2D eigenvalue weighted by Gasteiger charge is -2.22. The maximum atomic E-state index is 12.6. The van der Waals surface area contributed by atoms with Gasteiger partial charge in [-0.15, -0.1) is 0 Å². The third-order valence-electron chi connectivity index (χ3n) is 3.98. The molecule has 0 atom stereocenters. The highest BCUT2D eigenvalue weighted by Gasteiger charge is 2.15. The van der Waals surface area contributed by atoms with Crippen molar-refractivity contribution in [1.82, 2.24) is 14.5 Å². The molecule has 3 rings (SSSR count). The minimum atomic E-state index is -0.248. The number of hydrogen-bond donors (Lipinski definition) is 1. The molecule has 0 spiro atoms. The largest absolute Gasteiger partial charge is 0.395 e. The quantitative estimate of drug-likeness (QED) is 0.738. The van der Waals surface area contributed by atoms with E-state index >= 15 is 0 Å². The molecule has 0 bridgehead atoms. The standard InChI is InChI=1S/C19H19N3O3/c23-11-10-21(12-15-6-2-1-3-7-15)18(24)13-22-14-20-17-9-5-4-8-16(17)19(22)25/h1-9,14,23H,10-13H2. The van der Waals surface area contributed by atoms with Crippen LogP contribution in [0.1, 0.15) is 5.56 Å². The van der Waals surface area contributed by atoms with Crippen LogP contribution in [-0.4, -0.2) is 38.6 Å². The van der Waals surface area contributed by atoms with Crippen molar-refractivity contribution in [3.05, 3.63) is 76.8 Å². The number of benzene rings is 2. The van der Waals surface area contributed by atoms with E-state index in [4.69, 9.17) is 0 Å². The van der Waals surface area contributed by atoms with Crippen LogP contribution in [0.5, 0.6) is 0 Å². The minimum Gasteiger partial charge on any atom is -0.395 e. The molecule has 1 aromatic heterocycles. The minimum absolute atomic E-state index is 0.108. The highest BCUT2D eigenvalue weighted by Crippen LogP contribution is 2.07. The summed E-state index contributed by atoms with van der Waals surface area (Å²) in [5.74, 6) is -0.239. The predicted octanol–water partition coefficient (Wildman–Crippen LogP) is 1.42. The third kappa shape index (κ3) is 3.92. The van der Waals surface area contributed by atoms with Crippen molar-refractivity contribution in [2.24, 2.45) is 0 Å². The number of aliphatic hydroxyl groups excluding tert-OH is 1. The molecule has 6 nitrogen and oxygen atoms in total. The fourth-order valence-electron chi connectivity index (χ4n) is 2.68. The summed E-state index contributed by atoms with van der Waals surface area (Å²) in [5, 5.41) is 9.73. The van der Waals surface area contributed by atoms with E-state index in [1.807, 2.05) is 36.4 Å². The summed E-state index contributed by atoms with van der Waals surface area (Å²) in [6, 6.07) is 16.6. The highest BCUT2D eigenvalue weighted by molar-refractivity contribution is 5.79. The Labute approximate surface area is 145 Å². The Morgan fingerprint density at radius 3 is 2.56 bits per heavy atom. The number of para-hydroxylation sites is 1. The normalized spacial score (nSPS) is 10.8. The van der Waals surface area contributed by atoms with Crippen LogP contribution in [0.2, 0.25) is 0 Å². The zero-order valence-corrected chi connectivity index (χ0v) is 13.7. The molecule has 128 valence electrons. The van der Waals surface area contributed by atoms with Gasteiger partial charge in [-0.3, -0.25) is 14.2 Å². The molecule has 0 saturated heterocycles. The molecule has 2 aromatic carbocycles. The second-order valence-corrected chi connectivity index (χ2v) is 5.72. The number of fused-ring (bicyclic) bond motifs is 1. The Balaban J connectivity index is 1.81. The van der Waals surface area contributed by atoms with Crippen LogP contribution in [0.15, 0.2) is 65.7 Å². The summed E-state index contributed by atoms with van der Waals surface area (Å²) in [6.07, 6.45) is 1.39. The summed E-state index contributed by atoms with van der Waals surface area (Å²) in [6.45, 7) is 0.354. The van der Waals surface area contributed by atoms with E-state index in [1.165, 1.54) is 15.8 Å². The van der Waals surface area contributed by atoms with E-state index in [0.717, 1.165) is 5.56 Å². The number of carbonyl (C=O) groups excluding carboxylic acids is 1. The summed E-state index contributed by atoms with van der Waals surface area (Å²) in [5.41, 5.74) is 1.32. The van der Waals surface area contributed by atoms with Crippen molar-refractivity contribution >= 4 is 16.8 Å². The van der Waals surface area contributed by atoms with Gasteiger partial charge in [0.2, 0.25) is 5.91 Å². The molecular formula is C19H19N3O3. The lowest BCUT2D eigenvalue weighted by Crippen LogP contribution is -2.37. The Morgan fingerprint density at radius 1 is 1.08 bits per heavy atom. The fraction of sp³-hybridized carbons (Fsp3) is 0.211. The molecule has 1 amide bonds. The fourth-order valence-corrected chi connectivity index (χ4v) is 2.68. The van der Waals surface area contributed by atoms with Gasteiger partial charge in [0.1, 0.15) is 6.54 Å². The van der Waals surface area contributed by atoms with Crippen LogP contribution >= 0.6 is 0 Å². The highest BCUT2D eigenvalue weighted by atomic mass is 16.3. The van der Waals surface area contributed by atoms with Gasteiger partial charge < -0.3 is 10.0 Å². The molecule has 1 heterocycles. The maximum Gasteiger partial charge on any atom is 0.261 e. The van der Waals surface area contributed by atoms with E-state index in [-0.39, 0.29) is 31.2 Å². The van der Waals surface area contributed by atoms with Gasteiger partial charge in [-0.25, -0.2) is 4.98 Å². The van der Waals surface area contributed by atoms with Gasteiger partial charge in [0, 0.05) is 13.1 Å². The van der Waals surface area contributed by atoms with Crippen molar-refractivity contribution in [1.29, 1.82) is 0 Å². The first-order valence-corrected chi connectivity index (χ1v) is 8.06. The molecule has 0 saturated carbocycles. The molecule has 0 aliphatic carbocycles. The first-order valence-electron chi connectivity index (χ1n) is 8.06. The SMILES string of the molecule is O=C(Cn1cnc2ccccc2c1=O)N(CCO)Cc1ccccc1. The first kappa shape index (κ1) is 16.9. The zero-order valence-electron chi connectivity index (χ0n) is 13.7. The lowest BCUT2D eigenvalue weighted by atomic mass is 10.2. The van der Waals surface area contributed by atoms with Gasteiger partial charge in [0.15, 0.2) is 0 Å². The molecule has 3 aromatic rings. The second kappa shape index (κ2) is 7.72. The topological polar surface area (TPSA) is 75.4 Å². The van der Waals surface area contributed by atoms with Crippen molar-refractivity contribution in [2.45, 2.75) is 13.1 Å². The van der Waals surface area contributed by atoms with Crippen molar-refractivity contribution < 1.29 is 9.90 Å². The number of nitrogens with zero attached hydrogens (tertiary/aromatic N) is 3. The Morgan fingerprint density at radius 2 is 1.80 bits per heavy atom. The van der Waals surface area contributed by atoms with E-state index in [1.54, 1.807) is 18.2 Å². The number of hydrogen-bond acceptors (Lipinski definition) is 4. The van der Waals surface area contributed by atoms with Gasteiger partial charge in [-0.2, -0.15) is 0 Å². The average molecular weight is 337 g/mol. The van der Waals surface area contributed by atoms with Gasteiger partial charge in [-0.1, -0.05) is 42.5 Å². The first-order chi connectivity index (χ1) is 12.2. The predicted molar refractivity (Wildman–Crippen MR) is 94.9 cm³/mol. The smallest absolute Gasteiger partial charge is 0.261 e. The Hall–Kier alpha value is -2.99. The molecule has 0 unspecified atom stereocenters. The maximum absolute atomic E-state index is 12.6. The molecule has 25 heavy (non-hydrogen) atoms. The van der Waals surface area contributed by atoms with Gasteiger partial charge in [-0.05, 0) is 17.7 Å². The average Bonchev–Trinajstić information content (AvgIpc) is 2.65. The molecule has 6 heteroatoms. The van der Waals surface area contributed by atoms with Crippen LogP contribution in [0, 0.1) is 0 Å². The van der Waals surface area contributed by atoms with E-state index in [0.29, 0.717) is 17.4 Å². The number of aliphatic hydroxyl groups is 1. The summed E-state index contributed by atoms with van der Waals surface area (Å²) in [7, 11) is 0. The van der Waals surface area contributed by atoms with Crippen LogP contribution < -0.4 is 5.56 Å². The summed E-state index contributed by atoms with van der Waals surface area (Å²) < 4.78 is 1.31. The number of aromatic nitrogens is 2. The Kier molecular flexibility index (Phi) is 5.20. The van der Waals surface area contributed by atoms with Crippen LogP contribution in [0.4, 0.5) is 0 Å². The molecule has 0 aliphatic heterocycles. The molecule has 0 aliphatic rings. The van der Waals surface area contributed by atoms with E-state index in [9.17, 15) is 14.7 Å². The van der Waals surface area contributed by atoms with Crippen LogP contribution in [0.3, 0.4) is 0 Å². The number of rotatable bonds is 6. The van der Waals surface area contributed by atoms with E-state index in [2.05, 4.69) is 4.98 Å². The number of carbonyl (C=O) groups is 1. The molecule has 1 N–H and O–H groups in total. The van der Waals surface area contributed by atoms with Crippen molar-refractivity contribution in [3.8, 4) is 0 Å². The zero-order chi connectivity index (χ0) is 17.6. The molecule has 0 radical (unpaired) electrons. The van der Waals surface area contributed by atoms with Crippen LogP contribution in [-0.2, 0) is 17.9 Å². The summed E-state index contributed by atoms with van der Waals surface area (Å²) >= 11 is 0. The van der Waals surface area contributed by atoms with Gasteiger partial charge in [0.25, 0.3) is 5.56 Å². The monoisotopic (exact) mass is 337 g/mol. The number of amides is 1. The second-order valence-electron chi connectivity index (χ2n) is 5.72. The van der Waals surface area contributed by atoms with Gasteiger partial charge >= 0.3 is 0 Å². The van der Waals surface area contributed by atoms with Crippen LogP contribution in [0.25, 0.3) is 10.9 Å². The van der Waals surface area contributed by atoms with Gasteiger partial charge in [0.05, 0.1) is 23.8 Å². The van der Waals surface area contributed by atoms with Crippen molar-refractivity contribution in [3.63, 3.8) is 0 Å².